The summed E-state index contributed by atoms with van der Waals surface area (Å²) in [6.07, 6.45) is 0.235. The minimum Gasteiger partial charge on any atom is -0.507 e. The van der Waals surface area contributed by atoms with Crippen LogP contribution in [0.3, 0.4) is 0 Å². The Labute approximate surface area is 174 Å². The molecule has 3 aromatic carbocycles. The Bertz CT molecular complexity index is 1110. The molecule has 2 unspecified atom stereocenters. The molecule has 0 radical (unpaired) electrons. The van der Waals surface area contributed by atoms with Crippen LogP contribution in [0.25, 0.3) is 0 Å². The molecule has 6 nitrogen and oxygen atoms in total. The minimum atomic E-state index is -0.398. The Balaban J connectivity index is 1.63. The molecule has 0 bridgehead atoms. The number of rotatable bonds is 4. The molecule has 2 aliphatic heterocycles. The smallest absolute Gasteiger partial charge is 0.214 e. The molecule has 5 rings (SSSR count). The van der Waals surface area contributed by atoms with Crippen LogP contribution in [-0.4, -0.2) is 30.0 Å². The first kappa shape index (κ1) is 18.4. The Morgan fingerprint density at radius 1 is 1.00 bits per heavy atom. The van der Waals surface area contributed by atoms with E-state index in [4.69, 9.17) is 19.3 Å². The van der Waals surface area contributed by atoms with Gasteiger partial charge in [-0.1, -0.05) is 42.5 Å². The van der Waals surface area contributed by atoms with Crippen LogP contribution in [-0.2, 0) is 0 Å². The predicted octanol–water partition coefficient (Wildman–Crippen LogP) is 4.65. The highest BCUT2D eigenvalue weighted by molar-refractivity contribution is 6.04. The molecule has 0 aromatic heterocycles. The Morgan fingerprint density at radius 3 is 2.60 bits per heavy atom. The van der Waals surface area contributed by atoms with E-state index in [1.807, 2.05) is 59.6 Å². The molecule has 3 aromatic rings. The number of hydrogen-bond donors (Lipinski definition) is 1. The second-order valence-corrected chi connectivity index (χ2v) is 7.29. The third-order valence-corrected chi connectivity index (χ3v) is 5.60. The van der Waals surface area contributed by atoms with Crippen molar-refractivity contribution >= 4 is 5.71 Å². The van der Waals surface area contributed by atoms with E-state index in [0.29, 0.717) is 23.5 Å². The van der Waals surface area contributed by atoms with Gasteiger partial charge in [0.1, 0.15) is 11.5 Å². The summed E-state index contributed by atoms with van der Waals surface area (Å²) in [7, 11) is 3.26. The van der Waals surface area contributed by atoms with Gasteiger partial charge in [-0.15, -0.1) is 0 Å². The van der Waals surface area contributed by atoms with E-state index < -0.39 is 6.23 Å². The van der Waals surface area contributed by atoms with Gasteiger partial charge in [-0.05, 0) is 24.3 Å². The Morgan fingerprint density at radius 2 is 1.83 bits per heavy atom. The van der Waals surface area contributed by atoms with Crippen LogP contribution >= 0.6 is 0 Å². The number of benzene rings is 3. The van der Waals surface area contributed by atoms with Crippen molar-refractivity contribution in [3.05, 3.63) is 83.4 Å². The maximum atomic E-state index is 10.5. The molecule has 6 heteroatoms. The largest absolute Gasteiger partial charge is 0.507 e. The number of para-hydroxylation sites is 1. The number of aromatic hydroxyl groups is 1. The van der Waals surface area contributed by atoms with E-state index in [1.165, 1.54) is 0 Å². The summed E-state index contributed by atoms with van der Waals surface area (Å²) in [4.78, 5) is 0. The number of hydrogen-bond acceptors (Lipinski definition) is 6. The molecule has 0 saturated heterocycles. The number of fused-ring (bicyclic) bond motifs is 3. The van der Waals surface area contributed by atoms with Gasteiger partial charge in [-0.25, -0.2) is 5.01 Å². The van der Waals surface area contributed by atoms with E-state index in [2.05, 4.69) is 0 Å². The number of phenols is 1. The van der Waals surface area contributed by atoms with Crippen LogP contribution in [0.1, 0.15) is 35.4 Å². The van der Waals surface area contributed by atoms with Gasteiger partial charge in [0.25, 0.3) is 0 Å². The lowest BCUT2D eigenvalue weighted by molar-refractivity contribution is -0.0209. The highest BCUT2D eigenvalue weighted by Crippen LogP contribution is 2.51. The third-order valence-electron chi connectivity index (χ3n) is 5.60. The van der Waals surface area contributed by atoms with Crippen LogP contribution in [0.5, 0.6) is 23.0 Å². The normalized spacial score (nSPS) is 19.4. The standard InChI is InChI=1S/C24H22N2O4/c1-28-16-11-12-21(27)18(13-16)19-14-20-17-9-6-10-22(29-2)23(17)30-24(26(20)25-19)15-7-4-3-5-8-15/h3-13,20,24,27H,14H2,1-2H3. The van der Waals surface area contributed by atoms with Gasteiger partial charge in [0.2, 0.25) is 6.23 Å². The average Bonchev–Trinajstić information content (AvgIpc) is 3.24. The van der Waals surface area contributed by atoms with Crippen molar-refractivity contribution in [1.82, 2.24) is 5.01 Å². The van der Waals surface area contributed by atoms with Crippen LogP contribution in [0.15, 0.2) is 71.8 Å². The Kier molecular flexibility index (Phi) is 4.47. The monoisotopic (exact) mass is 402 g/mol. The first-order valence-corrected chi connectivity index (χ1v) is 9.81. The lowest BCUT2D eigenvalue weighted by Crippen LogP contribution is -2.33. The van der Waals surface area contributed by atoms with E-state index >= 15 is 0 Å². The van der Waals surface area contributed by atoms with Crippen molar-refractivity contribution in [2.75, 3.05) is 14.2 Å². The van der Waals surface area contributed by atoms with Crippen molar-refractivity contribution < 1.29 is 19.3 Å². The van der Waals surface area contributed by atoms with Gasteiger partial charge in [-0.2, -0.15) is 5.10 Å². The molecular weight excluding hydrogens is 380 g/mol. The quantitative estimate of drug-likeness (QED) is 0.688. The second kappa shape index (κ2) is 7.30. The zero-order chi connectivity index (χ0) is 20.7. The highest BCUT2D eigenvalue weighted by atomic mass is 16.5. The summed E-state index contributed by atoms with van der Waals surface area (Å²) in [6, 6.07) is 21.1. The minimum absolute atomic E-state index is 0.0327. The summed E-state index contributed by atoms with van der Waals surface area (Å²) >= 11 is 0. The molecule has 1 N–H and O–H groups in total. The zero-order valence-electron chi connectivity index (χ0n) is 16.8. The molecule has 0 fully saturated rings. The zero-order valence-corrected chi connectivity index (χ0v) is 16.8. The molecule has 152 valence electrons. The molecule has 2 aliphatic rings. The van der Waals surface area contributed by atoms with Crippen molar-refractivity contribution in [3.63, 3.8) is 0 Å². The van der Waals surface area contributed by atoms with Gasteiger partial charge in [-0.3, -0.25) is 0 Å². The van der Waals surface area contributed by atoms with Crippen LogP contribution < -0.4 is 14.2 Å². The molecule has 0 spiro atoms. The molecular formula is C24H22N2O4. The summed E-state index contributed by atoms with van der Waals surface area (Å²) in [5, 5.41) is 17.4. The summed E-state index contributed by atoms with van der Waals surface area (Å²) < 4.78 is 17.3. The van der Waals surface area contributed by atoms with Crippen LogP contribution in [0.4, 0.5) is 0 Å². The van der Waals surface area contributed by atoms with E-state index in [-0.39, 0.29) is 11.8 Å². The fourth-order valence-corrected chi connectivity index (χ4v) is 4.12. The SMILES string of the molecule is COc1ccc(O)c(C2=NN3C(C2)c2cccc(OC)c2OC3c2ccccc2)c1. The van der Waals surface area contributed by atoms with Crippen molar-refractivity contribution in [3.8, 4) is 23.0 Å². The van der Waals surface area contributed by atoms with Crippen molar-refractivity contribution in [2.24, 2.45) is 5.10 Å². The first-order valence-electron chi connectivity index (χ1n) is 9.81. The van der Waals surface area contributed by atoms with Crippen LogP contribution in [0, 0.1) is 0 Å². The first-order chi connectivity index (χ1) is 14.7. The number of methoxy groups -OCH3 is 2. The number of ether oxygens (including phenoxy) is 3. The van der Waals surface area contributed by atoms with Gasteiger partial charge < -0.3 is 19.3 Å². The topological polar surface area (TPSA) is 63.5 Å². The van der Waals surface area contributed by atoms with Crippen molar-refractivity contribution in [1.29, 1.82) is 0 Å². The molecule has 0 saturated carbocycles. The average molecular weight is 402 g/mol. The highest BCUT2D eigenvalue weighted by Gasteiger charge is 2.42. The van der Waals surface area contributed by atoms with Gasteiger partial charge in [0.15, 0.2) is 11.5 Å². The van der Waals surface area contributed by atoms with E-state index in [1.54, 1.807) is 26.4 Å². The molecule has 2 heterocycles. The van der Waals surface area contributed by atoms with Crippen molar-refractivity contribution in [2.45, 2.75) is 18.7 Å². The molecule has 0 aliphatic carbocycles. The summed E-state index contributed by atoms with van der Waals surface area (Å²) in [6.45, 7) is 0. The fraction of sp³-hybridized carbons (Fsp3) is 0.208. The number of phenolic OH excluding ortho intramolecular Hbond substituents is 1. The fourth-order valence-electron chi connectivity index (χ4n) is 4.12. The molecule has 0 amide bonds. The predicted molar refractivity (Wildman–Crippen MR) is 113 cm³/mol. The summed E-state index contributed by atoms with van der Waals surface area (Å²) in [5.74, 6) is 2.29. The maximum Gasteiger partial charge on any atom is 0.214 e. The second-order valence-electron chi connectivity index (χ2n) is 7.29. The lowest BCUT2D eigenvalue weighted by Gasteiger charge is -2.38. The summed E-state index contributed by atoms with van der Waals surface area (Å²) in [5.41, 5.74) is 3.47. The van der Waals surface area contributed by atoms with Crippen LogP contribution in [0.2, 0.25) is 0 Å². The number of hydrazone groups is 1. The molecule has 2 atom stereocenters. The van der Waals surface area contributed by atoms with E-state index in [9.17, 15) is 5.11 Å². The maximum absolute atomic E-state index is 10.5. The van der Waals surface area contributed by atoms with E-state index in [0.717, 1.165) is 22.6 Å². The van der Waals surface area contributed by atoms with Gasteiger partial charge in [0, 0.05) is 23.1 Å². The third kappa shape index (κ3) is 2.92. The number of nitrogens with zero attached hydrogens (tertiary/aromatic N) is 2. The Hall–Kier alpha value is -3.67. The molecule has 30 heavy (non-hydrogen) atoms. The lowest BCUT2D eigenvalue weighted by atomic mass is 9.95. The van der Waals surface area contributed by atoms with Gasteiger partial charge >= 0.3 is 0 Å². The van der Waals surface area contributed by atoms with Gasteiger partial charge in [0.05, 0.1) is 26.0 Å².